The molecule has 1 aliphatic heterocycles. The summed E-state index contributed by atoms with van der Waals surface area (Å²) in [7, 11) is 0. The zero-order valence-electron chi connectivity index (χ0n) is 5.54. The van der Waals surface area contributed by atoms with Crippen molar-refractivity contribution in [3.05, 3.63) is 24.8 Å². The summed E-state index contributed by atoms with van der Waals surface area (Å²) in [6.45, 7) is 0. The summed E-state index contributed by atoms with van der Waals surface area (Å²) >= 11 is 0. The molecule has 1 N–H and O–H groups in total. The summed E-state index contributed by atoms with van der Waals surface area (Å²) in [5.74, 6) is 0. The molecule has 0 saturated carbocycles. The molecule has 6 nitrogen and oxygen atoms in total. The maximum atomic E-state index is 4.44. The van der Waals surface area contributed by atoms with E-state index in [1.54, 1.807) is 12.3 Å². The third-order valence-corrected chi connectivity index (χ3v) is 0.695. The minimum atomic E-state index is 1.40. The largest absolute Gasteiger partial charge is 0.373 e. The van der Waals surface area contributed by atoms with Crippen LogP contribution >= 0.6 is 0 Å². The monoisotopic (exact) mass is 154 g/mol. The van der Waals surface area contributed by atoms with E-state index in [2.05, 4.69) is 30.4 Å². The molecule has 0 spiro atoms. The zero-order chi connectivity index (χ0) is 7.78. The van der Waals surface area contributed by atoms with E-state index in [-0.39, 0.29) is 0 Å². The van der Waals surface area contributed by atoms with Crippen LogP contribution < -0.4 is 5.59 Å². The molecule has 2 heterocycles. The molecule has 1 aromatic rings. The number of nitrogens with zero attached hydrogens (tertiary/aromatic N) is 3. The Bertz CT molecular complexity index is 189. The second-order valence-corrected chi connectivity index (χ2v) is 1.40. The predicted molar refractivity (Wildman–Crippen MR) is 36.2 cm³/mol. The van der Waals surface area contributed by atoms with E-state index in [0.29, 0.717) is 0 Å². The summed E-state index contributed by atoms with van der Waals surface area (Å²) in [6, 6.07) is 0. The van der Waals surface area contributed by atoms with Crippen LogP contribution in [0.25, 0.3) is 0 Å². The van der Waals surface area contributed by atoms with Gasteiger partial charge in [-0.1, -0.05) is 0 Å². The predicted octanol–water partition coefficient (Wildman–Crippen LogP) is 0.0903. The van der Waals surface area contributed by atoms with Gasteiger partial charge in [0.1, 0.15) is 12.5 Å². The molecule has 1 aromatic heterocycles. The first-order valence-electron chi connectivity index (χ1n) is 2.80. The number of hydrogen-bond donors (Lipinski definition) is 1. The van der Waals surface area contributed by atoms with Crippen molar-refractivity contribution in [1.82, 2.24) is 16.0 Å². The Morgan fingerprint density at radius 3 is 2.55 bits per heavy atom. The molecule has 58 valence electrons. The molecule has 0 amide bonds. The molecule has 1 aliphatic rings. The minimum absolute atomic E-state index is 1.40. The first-order valence-corrected chi connectivity index (χ1v) is 2.80. The van der Waals surface area contributed by atoms with Crippen molar-refractivity contribution in [3.63, 3.8) is 0 Å². The molecule has 6 heteroatoms. The van der Waals surface area contributed by atoms with Gasteiger partial charge >= 0.3 is 0 Å². The Labute approximate surface area is 62.5 Å². The summed E-state index contributed by atoms with van der Waals surface area (Å²) in [5, 5.41) is 9.90. The van der Waals surface area contributed by atoms with E-state index in [1.807, 2.05) is 0 Å². The van der Waals surface area contributed by atoms with Gasteiger partial charge in [0, 0.05) is 5.27 Å². The molecule has 0 fully saturated rings. The smallest absolute Gasteiger partial charge is 0.144 e. The van der Waals surface area contributed by atoms with Crippen LogP contribution in [0.5, 0.6) is 0 Å². The number of hydrazone groups is 1. The van der Waals surface area contributed by atoms with Crippen molar-refractivity contribution in [3.8, 4) is 0 Å². The fourth-order valence-electron chi connectivity index (χ4n) is 0.345. The molecule has 0 unspecified atom stereocenters. The lowest BCUT2D eigenvalue weighted by Crippen LogP contribution is -2.03. The topological polar surface area (TPSA) is 72.5 Å². The van der Waals surface area contributed by atoms with Crippen LogP contribution in [0.4, 0.5) is 0 Å². The van der Waals surface area contributed by atoms with Gasteiger partial charge < -0.3 is 9.36 Å². The summed E-state index contributed by atoms with van der Waals surface area (Å²) in [4.78, 5) is 4.44. The fraction of sp³-hybridized carbons (Fsp3) is 0. The highest BCUT2D eigenvalue weighted by Crippen LogP contribution is 1.74. The quantitative estimate of drug-likeness (QED) is 0.573. The van der Waals surface area contributed by atoms with Crippen LogP contribution in [-0.4, -0.2) is 16.6 Å². The van der Waals surface area contributed by atoms with E-state index in [1.165, 1.54) is 18.7 Å². The van der Waals surface area contributed by atoms with E-state index in [9.17, 15) is 0 Å². The number of rotatable bonds is 0. The van der Waals surface area contributed by atoms with Crippen LogP contribution in [0.3, 0.4) is 0 Å². The van der Waals surface area contributed by atoms with Gasteiger partial charge in [0.2, 0.25) is 0 Å². The number of aromatic nitrogens is 2. The Kier molecular flexibility index (Phi) is 3.28. The molecule has 0 saturated heterocycles. The third-order valence-electron chi connectivity index (χ3n) is 0.695. The Hall–Kier alpha value is -1.85. The van der Waals surface area contributed by atoms with Gasteiger partial charge in [-0.2, -0.15) is 5.10 Å². The van der Waals surface area contributed by atoms with Crippen molar-refractivity contribution in [1.29, 1.82) is 0 Å². The molecule has 0 aliphatic carbocycles. The standard InChI is InChI=1S/C3H4N2O.C2H2N2O/c1-2-4-5-6-3-1;1-2-5-4-3-1/h1-3,5H;1-2H. The van der Waals surface area contributed by atoms with Gasteiger partial charge in [0.25, 0.3) is 0 Å². The Balaban J connectivity index is 0.000000112. The van der Waals surface area contributed by atoms with Gasteiger partial charge in [-0.05, 0) is 6.08 Å². The van der Waals surface area contributed by atoms with Crippen LogP contribution in [0.15, 0.2) is 34.4 Å². The van der Waals surface area contributed by atoms with E-state index < -0.39 is 0 Å². The highest BCUT2D eigenvalue weighted by atomic mass is 16.7. The van der Waals surface area contributed by atoms with Crippen LogP contribution in [0.1, 0.15) is 0 Å². The molecule has 0 atom stereocenters. The van der Waals surface area contributed by atoms with Gasteiger partial charge in [-0.25, -0.2) is 0 Å². The van der Waals surface area contributed by atoms with Gasteiger partial charge in [0.15, 0.2) is 0 Å². The number of nitrogens with one attached hydrogen (secondary N) is 1. The number of hydrogen-bond acceptors (Lipinski definition) is 6. The molecular formula is C5H6N4O2. The van der Waals surface area contributed by atoms with Crippen LogP contribution in [0, 0.1) is 0 Å². The van der Waals surface area contributed by atoms with Crippen LogP contribution in [0.2, 0.25) is 0 Å². The van der Waals surface area contributed by atoms with E-state index in [0.717, 1.165) is 0 Å². The average Bonchev–Trinajstić information content (AvgIpc) is 2.64. The highest BCUT2D eigenvalue weighted by Gasteiger charge is 1.73. The maximum Gasteiger partial charge on any atom is 0.144 e. The molecular weight excluding hydrogens is 148 g/mol. The Morgan fingerprint density at radius 2 is 2.36 bits per heavy atom. The van der Waals surface area contributed by atoms with Crippen molar-refractivity contribution in [2.24, 2.45) is 5.10 Å². The third kappa shape index (κ3) is 3.68. The van der Waals surface area contributed by atoms with Gasteiger partial charge in [-0.3, -0.25) is 0 Å². The maximum absolute atomic E-state index is 4.44. The summed E-state index contributed by atoms with van der Waals surface area (Å²) < 4.78 is 4.22. The fourth-order valence-corrected chi connectivity index (χ4v) is 0.345. The van der Waals surface area contributed by atoms with E-state index >= 15 is 0 Å². The number of allylic oxidation sites excluding steroid dienone is 1. The lowest BCUT2D eigenvalue weighted by molar-refractivity contribution is 0.136. The van der Waals surface area contributed by atoms with Crippen LogP contribution in [-0.2, 0) is 4.84 Å². The molecule has 0 bridgehead atoms. The van der Waals surface area contributed by atoms with Gasteiger partial charge in [0.05, 0.1) is 12.4 Å². The first kappa shape index (κ1) is 7.26. The van der Waals surface area contributed by atoms with Crippen molar-refractivity contribution in [2.45, 2.75) is 0 Å². The molecule has 0 aromatic carbocycles. The molecule has 2 rings (SSSR count). The van der Waals surface area contributed by atoms with E-state index in [4.69, 9.17) is 0 Å². The zero-order valence-corrected chi connectivity index (χ0v) is 5.54. The average molecular weight is 154 g/mol. The lowest BCUT2D eigenvalue weighted by atomic mass is 10.7. The van der Waals surface area contributed by atoms with Gasteiger partial charge in [-0.15, -0.1) is 10.7 Å². The van der Waals surface area contributed by atoms with Crippen molar-refractivity contribution >= 4 is 6.21 Å². The Morgan fingerprint density at radius 1 is 1.36 bits per heavy atom. The first-order chi connectivity index (χ1) is 5.50. The van der Waals surface area contributed by atoms with Crippen molar-refractivity contribution < 1.29 is 9.36 Å². The second kappa shape index (κ2) is 4.98. The summed E-state index contributed by atoms with van der Waals surface area (Å²) in [6.07, 6.45) is 7.67. The molecule has 0 radical (unpaired) electrons. The highest BCUT2D eigenvalue weighted by molar-refractivity contribution is 5.70. The lowest BCUT2D eigenvalue weighted by Gasteiger charge is -1.96. The normalized spacial score (nSPS) is 12.4. The van der Waals surface area contributed by atoms with Crippen molar-refractivity contribution in [2.75, 3.05) is 0 Å². The SMILES string of the molecule is C1=CONN=C1.c1conn1. The summed E-state index contributed by atoms with van der Waals surface area (Å²) in [5.41, 5.74) is 2.27. The molecule has 11 heavy (non-hydrogen) atoms. The second-order valence-electron chi connectivity index (χ2n) is 1.40. The minimum Gasteiger partial charge on any atom is -0.373 e.